The van der Waals surface area contributed by atoms with Crippen LogP contribution in [0.5, 0.6) is 0 Å². The number of hydrogen-bond donors (Lipinski definition) is 1. The Balaban J connectivity index is 2.39. The summed E-state index contributed by atoms with van der Waals surface area (Å²) < 4.78 is 2.17. The van der Waals surface area contributed by atoms with E-state index >= 15 is 0 Å². The molecule has 3 rings (SSSR count). The summed E-state index contributed by atoms with van der Waals surface area (Å²) in [6, 6.07) is 6.29. The first-order valence-electron chi connectivity index (χ1n) is 10.8. The van der Waals surface area contributed by atoms with Crippen LogP contribution >= 0.6 is 11.6 Å². The zero-order valence-electron chi connectivity index (χ0n) is 19.3. The average molecular weight is 445 g/mol. The molecule has 4 nitrogen and oxygen atoms in total. The van der Waals surface area contributed by atoms with Gasteiger partial charge in [0.25, 0.3) is 0 Å². The van der Waals surface area contributed by atoms with E-state index < -0.39 is 0 Å². The number of anilines is 1. The first-order valence-corrected chi connectivity index (χ1v) is 11.2. The van der Waals surface area contributed by atoms with E-state index in [2.05, 4.69) is 73.0 Å². The van der Waals surface area contributed by atoms with Gasteiger partial charge in [0.15, 0.2) is 0 Å². The van der Waals surface area contributed by atoms with Crippen molar-refractivity contribution in [1.82, 2.24) is 9.55 Å². The van der Waals surface area contributed by atoms with Gasteiger partial charge < -0.3 is 10.3 Å². The predicted octanol–water partition coefficient (Wildman–Crippen LogP) is 7.53. The van der Waals surface area contributed by atoms with Gasteiger partial charge in [0.2, 0.25) is 0 Å². The van der Waals surface area contributed by atoms with Gasteiger partial charge in [-0.1, -0.05) is 55.7 Å². The number of rotatable bonds is 6. The zero-order valence-corrected chi connectivity index (χ0v) is 20.0. The van der Waals surface area contributed by atoms with E-state index in [-0.39, 0.29) is 0 Å². The van der Waals surface area contributed by atoms with Crippen molar-refractivity contribution in [2.75, 3.05) is 5.73 Å². The van der Waals surface area contributed by atoms with Crippen molar-refractivity contribution in [3.8, 4) is 17.2 Å². The smallest absolute Gasteiger partial charge is 0.0994 e. The number of halogens is 1. The van der Waals surface area contributed by atoms with Gasteiger partial charge in [-0.15, -0.1) is 0 Å². The molecule has 2 aromatic heterocycles. The van der Waals surface area contributed by atoms with Crippen LogP contribution in [0.1, 0.15) is 45.2 Å². The van der Waals surface area contributed by atoms with Gasteiger partial charge >= 0.3 is 0 Å². The van der Waals surface area contributed by atoms with E-state index in [9.17, 15) is 5.26 Å². The van der Waals surface area contributed by atoms with Crippen LogP contribution in [-0.2, 0) is 0 Å². The maximum Gasteiger partial charge on any atom is 0.0994 e. The minimum absolute atomic E-state index is 0.401. The number of nitrogens with zero attached hydrogens (tertiary/aromatic N) is 3. The molecule has 0 fully saturated rings. The summed E-state index contributed by atoms with van der Waals surface area (Å²) in [6.07, 6.45) is 15.0. The van der Waals surface area contributed by atoms with Crippen molar-refractivity contribution in [2.45, 2.75) is 41.0 Å². The molecule has 0 amide bonds. The zero-order chi connectivity index (χ0) is 23.4. The quantitative estimate of drug-likeness (QED) is 0.399. The van der Waals surface area contributed by atoms with Crippen LogP contribution in [-0.4, -0.2) is 9.55 Å². The Morgan fingerprint density at radius 3 is 2.69 bits per heavy atom. The summed E-state index contributed by atoms with van der Waals surface area (Å²) in [5.74, 6) is 0.401. The fourth-order valence-corrected chi connectivity index (χ4v) is 3.71. The Morgan fingerprint density at radius 2 is 2.03 bits per heavy atom. The van der Waals surface area contributed by atoms with Gasteiger partial charge in [-0.2, -0.15) is 5.26 Å². The fourth-order valence-electron chi connectivity index (χ4n) is 3.51. The van der Waals surface area contributed by atoms with Crippen molar-refractivity contribution in [3.05, 3.63) is 76.7 Å². The van der Waals surface area contributed by atoms with Crippen molar-refractivity contribution in [2.24, 2.45) is 5.92 Å². The highest BCUT2D eigenvalue weighted by Crippen LogP contribution is 2.39. The molecule has 0 saturated heterocycles. The normalized spacial score (nSPS) is 13.7. The highest BCUT2D eigenvalue weighted by atomic mass is 35.5. The van der Waals surface area contributed by atoms with E-state index in [1.165, 1.54) is 5.57 Å². The molecule has 0 aliphatic carbocycles. The molecule has 0 spiro atoms. The lowest BCUT2D eigenvalue weighted by Gasteiger charge is -2.11. The molecule has 2 N–H and O–H groups in total. The summed E-state index contributed by atoms with van der Waals surface area (Å²) in [6.45, 7) is 10.5. The summed E-state index contributed by atoms with van der Waals surface area (Å²) in [4.78, 5) is 4.25. The third-order valence-corrected chi connectivity index (χ3v) is 6.24. The van der Waals surface area contributed by atoms with Crippen LogP contribution in [0.2, 0.25) is 5.02 Å². The summed E-state index contributed by atoms with van der Waals surface area (Å²) >= 11 is 6.57. The first-order chi connectivity index (χ1) is 15.3. The van der Waals surface area contributed by atoms with Crippen molar-refractivity contribution in [1.29, 1.82) is 5.26 Å². The fraction of sp³-hybridized carbons (Fsp3) is 0.259. The van der Waals surface area contributed by atoms with Gasteiger partial charge in [-0.25, -0.2) is 0 Å². The van der Waals surface area contributed by atoms with Crippen LogP contribution in [0.4, 0.5) is 5.69 Å². The number of aryl methyl sites for hydroxylation is 1. The molecule has 164 valence electrons. The van der Waals surface area contributed by atoms with Crippen molar-refractivity contribution < 1.29 is 0 Å². The molecule has 1 aromatic carbocycles. The molecule has 0 aliphatic rings. The van der Waals surface area contributed by atoms with Crippen LogP contribution in [0.3, 0.4) is 0 Å². The number of nitrogen functional groups attached to an aromatic ring is 1. The van der Waals surface area contributed by atoms with E-state index in [4.69, 9.17) is 17.3 Å². The number of nitrogens with two attached hydrogens (primary N) is 1. The number of aromatic nitrogens is 2. The van der Waals surface area contributed by atoms with Crippen LogP contribution in [0, 0.1) is 24.2 Å². The van der Waals surface area contributed by atoms with Crippen LogP contribution < -0.4 is 5.73 Å². The number of hydrogen-bond acceptors (Lipinski definition) is 3. The van der Waals surface area contributed by atoms with Crippen LogP contribution in [0.25, 0.3) is 27.7 Å². The lowest BCUT2D eigenvalue weighted by molar-refractivity contribution is 0.697. The lowest BCUT2D eigenvalue weighted by atomic mass is 10.0. The van der Waals surface area contributed by atoms with Gasteiger partial charge in [-0.3, -0.25) is 4.98 Å². The predicted molar refractivity (Wildman–Crippen MR) is 136 cm³/mol. The maximum atomic E-state index is 9.63. The molecule has 0 aliphatic heterocycles. The summed E-state index contributed by atoms with van der Waals surface area (Å²) in [7, 11) is 0. The van der Waals surface area contributed by atoms with Crippen molar-refractivity contribution in [3.63, 3.8) is 0 Å². The molecular weight excluding hydrogens is 416 g/mol. The molecule has 3 aromatic rings. The summed E-state index contributed by atoms with van der Waals surface area (Å²) in [5, 5.41) is 11.0. The van der Waals surface area contributed by atoms with Gasteiger partial charge in [-0.05, 0) is 50.5 Å². The van der Waals surface area contributed by atoms with Gasteiger partial charge in [0, 0.05) is 34.6 Å². The number of fused-ring (bicyclic) bond motifs is 1. The molecule has 1 atom stereocenters. The second-order valence-electron chi connectivity index (χ2n) is 8.14. The van der Waals surface area contributed by atoms with Crippen LogP contribution in [0.15, 0.2) is 60.6 Å². The molecule has 0 bridgehead atoms. The number of pyridine rings is 1. The molecule has 5 heteroatoms. The molecule has 0 radical (unpaired) electrons. The SMILES string of the molecule is C/C=C(C)/C=C\C(=C/C(C)CC)n1cc(-c2cncc(N)c2Cl)c2cc(C#N)c(C)cc21. The second kappa shape index (κ2) is 9.89. The van der Waals surface area contributed by atoms with Gasteiger partial charge in [0.05, 0.1) is 34.1 Å². The number of benzene rings is 1. The van der Waals surface area contributed by atoms with Crippen molar-refractivity contribution >= 4 is 33.9 Å². The Bertz CT molecular complexity index is 1290. The maximum absolute atomic E-state index is 9.63. The monoisotopic (exact) mass is 444 g/mol. The van der Waals surface area contributed by atoms with Gasteiger partial charge in [0.1, 0.15) is 0 Å². The summed E-state index contributed by atoms with van der Waals surface area (Å²) in [5.41, 5.74) is 12.9. The molecule has 2 heterocycles. The van der Waals surface area contributed by atoms with E-state index in [1.807, 2.05) is 19.9 Å². The minimum Gasteiger partial charge on any atom is -0.396 e. The van der Waals surface area contributed by atoms with E-state index in [1.54, 1.807) is 12.4 Å². The largest absolute Gasteiger partial charge is 0.396 e. The Labute approximate surface area is 195 Å². The highest BCUT2D eigenvalue weighted by molar-refractivity contribution is 6.36. The minimum atomic E-state index is 0.401. The Morgan fingerprint density at radius 1 is 1.28 bits per heavy atom. The third-order valence-electron chi connectivity index (χ3n) is 5.82. The Kier molecular flexibility index (Phi) is 7.22. The topological polar surface area (TPSA) is 67.6 Å². The first kappa shape index (κ1) is 23.4. The molecular formula is C27H29ClN4. The highest BCUT2D eigenvalue weighted by Gasteiger charge is 2.18. The third kappa shape index (κ3) is 4.64. The number of nitriles is 1. The number of allylic oxidation sites excluding steroid dienone is 6. The standard InChI is InChI=1S/C27H29ClN4/c1-6-17(3)8-9-21(10-18(4)7-2)32-16-24(23-14-31-15-25(30)27(23)28)22-12-20(13-29)19(5)11-26(22)32/h6,8-12,14-16,18H,7,30H2,1-5H3/b9-8-,17-6+,21-10+. The van der Waals surface area contributed by atoms with E-state index in [0.29, 0.717) is 22.2 Å². The Hall–Kier alpha value is -3.29. The molecule has 1 unspecified atom stereocenters. The second-order valence-corrected chi connectivity index (χ2v) is 8.52. The molecule has 0 saturated carbocycles. The molecule has 32 heavy (non-hydrogen) atoms. The lowest BCUT2D eigenvalue weighted by Crippen LogP contribution is -1.97. The van der Waals surface area contributed by atoms with E-state index in [0.717, 1.165) is 39.7 Å². The average Bonchev–Trinajstić information content (AvgIpc) is 3.15.